The minimum absolute atomic E-state index is 0.138. The SMILES string of the molecule is O[C@H]1COC[C@@H]1N1CCCN(Cc2cc3c(cc2Cl)OCO3)CC1. The molecular weight excluding hydrogens is 332 g/mol. The number of ether oxygens (including phenoxy) is 3. The number of fused-ring (bicyclic) bond motifs is 1. The summed E-state index contributed by atoms with van der Waals surface area (Å²) in [5.74, 6) is 1.50. The van der Waals surface area contributed by atoms with Gasteiger partial charge in [0.1, 0.15) is 0 Å². The second-order valence-electron chi connectivity index (χ2n) is 6.63. The molecule has 1 N–H and O–H groups in total. The third-order valence-corrected chi connectivity index (χ3v) is 5.40. The molecule has 1 aromatic carbocycles. The van der Waals surface area contributed by atoms with Gasteiger partial charge < -0.3 is 19.3 Å². The summed E-state index contributed by atoms with van der Waals surface area (Å²) in [5, 5.41) is 10.8. The lowest BCUT2D eigenvalue weighted by atomic mass is 10.1. The minimum Gasteiger partial charge on any atom is -0.454 e. The third-order valence-electron chi connectivity index (χ3n) is 5.05. The van der Waals surface area contributed by atoms with Crippen molar-refractivity contribution in [3.63, 3.8) is 0 Å². The largest absolute Gasteiger partial charge is 0.454 e. The van der Waals surface area contributed by atoms with Crippen molar-refractivity contribution in [2.75, 3.05) is 46.2 Å². The Morgan fingerprint density at radius 3 is 2.71 bits per heavy atom. The van der Waals surface area contributed by atoms with Gasteiger partial charge in [0.15, 0.2) is 11.5 Å². The molecule has 1 aromatic rings. The maximum Gasteiger partial charge on any atom is 0.231 e. The van der Waals surface area contributed by atoms with Gasteiger partial charge in [-0.2, -0.15) is 0 Å². The van der Waals surface area contributed by atoms with E-state index in [4.69, 9.17) is 25.8 Å². The lowest BCUT2D eigenvalue weighted by Crippen LogP contribution is -2.44. The fourth-order valence-electron chi connectivity index (χ4n) is 3.68. The number of nitrogens with zero attached hydrogens (tertiary/aromatic N) is 2. The summed E-state index contributed by atoms with van der Waals surface area (Å²) in [4.78, 5) is 4.77. The lowest BCUT2D eigenvalue weighted by Gasteiger charge is -2.28. The molecule has 0 bridgehead atoms. The van der Waals surface area contributed by atoms with Crippen LogP contribution in [0.2, 0.25) is 5.02 Å². The zero-order valence-corrected chi connectivity index (χ0v) is 14.4. The number of hydrogen-bond acceptors (Lipinski definition) is 6. The van der Waals surface area contributed by atoms with Crippen molar-refractivity contribution in [3.05, 3.63) is 22.7 Å². The predicted molar refractivity (Wildman–Crippen MR) is 89.7 cm³/mol. The van der Waals surface area contributed by atoms with Crippen LogP contribution in [0.15, 0.2) is 12.1 Å². The average Bonchev–Trinajstić information content (AvgIpc) is 3.12. The van der Waals surface area contributed by atoms with Gasteiger partial charge in [-0.15, -0.1) is 0 Å². The van der Waals surface area contributed by atoms with E-state index in [-0.39, 0.29) is 18.9 Å². The van der Waals surface area contributed by atoms with Gasteiger partial charge in [-0.25, -0.2) is 0 Å². The molecule has 0 saturated carbocycles. The van der Waals surface area contributed by atoms with Crippen LogP contribution in [0.3, 0.4) is 0 Å². The highest BCUT2D eigenvalue weighted by Crippen LogP contribution is 2.37. The van der Waals surface area contributed by atoms with Gasteiger partial charge in [-0.05, 0) is 31.1 Å². The highest BCUT2D eigenvalue weighted by Gasteiger charge is 2.32. The number of benzene rings is 1. The number of hydrogen-bond donors (Lipinski definition) is 1. The summed E-state index contributed by atoms with van der Waals surface area (Å²) in [6.07, 6.45) is 0.714. The molecule has 0 aliphatic carbocycles. The summed E-state index contributed by atoms with van der Waals surface area (Å²) in [5.41, 5.74) is 1.07. The molecule has 3 aliphatic rings. The molecule has 0 spiro atoms. The molecule has 6 nitrogen and oxygen atoms in total. The summed E-state index contributed by atoms with van der Waals surface area (Å²) >= 11 is 6.40. The second-order valence-corrected chi connectivity index (χ2v) is 7.04. The van der Waals surface area contributed by atoms with Gasteiger partial charge in [-0.1, -0.05) is 11.6 Å². The third kappa shape index (κ3) is 3.34. The van der Waals surface area contributed by atoms with Gasteiger partial charge >= 0.3 is 0 Å². The molecule has 3 heterocycles. The molecule has 3 aliphatic heterocycles. The number of aliphatic hydroxyl groups excluding tert-OH is 1. The zero-order chi connectivity index (χ0) is 16.5. The fourth-order valence-corrected chi connectivity index (χ4v) is 3.90. The Morgan fingerprint density at radius 2 is 1.92 bits per heavy atom. The van der Waals surface area contributed by atoms with Gasteiger partial charge in [0.2, 0.25) is 6.79 Å². The normalized spacial score (nSPS) is 28.2. The quantitative estimate of drug-likeness (QED) is 0.884. The smallest absolute Gasteiger partial charge is 0.231 e. The van der Waals surface area contributed by atoms with Crippen LogP contribution in [0.25, 0.3) is 0 Å². The second kappa shape index (κ2) is 7.06. The summed E-state index contributed by atoms with van der Waals surface area (Å²) in [6, 6.07) is 3.97. The Balaban J connectivity index is 1.39. The molecule has 0 amide bonds. The maximum atomic E-state index is 10.0. The Morgan fingerprint density at radius 1 is 1.08 bits per heavy atom. The summed E-state index contributed by atoms with van der Waals surface area (Å²) < 4.78 is 16.2. The fraction of sp³-hybridized carbons (Fsp3) is 0.647. The number of aliphatic hydroxyl groups is 1. The van der Waals surface area contributed by atoms with E-state index in [0.717, 1.165) is 61.2 Å². The van der Waals surface area contributed by atoms with Crippen LogP contribution in [0.5, 0.6) is 11.5 Å². The molecule has 0 unspecified atom stereocenters. The van der Waals surface area contributed by atoms with E-state index in [0.29, 0.717) is 13.2 Å². The van der Waals surface area contributed by atoms with Crippen molar-refractivity contribution >= 4 is 11.6 Å². The average molecular weight is 355 g/mol. The van der Waals surface area contributed by atoms with Gasteiger partial charge in [0, 0.05) is 30.7 Å². The van der Waals surface area contributed by atoms with Crippen molar-refractivity contribution in [3.8, 4) is 11.5 Å². The van der Waals surface area contributed by atoms with Gasteiger partial charge in [0.25, 0.3) is 0 Å². The number of rotatable bonds is 3. The van der Waals surface area contributed by atoms with Crippen LogP contribution >= 0.6 is 11.6 Å². The molecule has 2 atom stereocenters. The minimum atomic E-state index is -0.361. The van der Waals surface area contributed by atoms with E-state index < -0.39 is 0 Å². The lowest BCUT2D eigenvalue weighted by molar-refractivity contribution is 0.0837. The highest BCUT2D eigenvalue weighted by atomic mass is 35.5. The van der Waals surface area contributed by atoms with Crippen molar-refractivity contribution in [1.29, 1.82) is 0 Å². The topological polar surface area (TPSA) is 54.4 Å². The number of halogens is 1. The standard InChI is InChI=1S/C17H23ClN2O4/c18-13-7-17-16(23-11-24-17)6-12(13)8-19-2-1-3-20(5-4-19)14-9-22-10-15(14)21/h6-7,14-15,21H,1-5,8-11H2/t14-,15-/m0/s1. The highest BCUT2D eigenvalue weighted by molar-refractivity contribution is 6.31. The van der Waals surface area contributed by atoms with Crippen LogP contribution in [-0.4, -0.2) is 73.2 Å². The zero-order valence-electron chi connectivity index (χ0n) is 13.6. The first-order valence-corrected chi connectivity index (χ1v) is 8.89. The molecule has 0 radical (unpaired) electrons. The molecular formula is C17H23ClN2O4. The summed E-state index contributed by atoms with van der Waals surface area (Å²) in [7, 11) is 0. The molecule has 0 aromatic heterocycles. The van der Waals surface area contributed by atoms with Crippen molar-refractivity contribution in [2.24, 2.45) is 0 Å². The van der Waals surface area contributed by atoms with Crippen LogP contribution in [0, 0.1) is 0 Å². The van der Waals surface area contributed by atoms with Gasteiger partial charge in [0.05, 0.1) is 25.4 Å². The molecule has 24 heavy (non-hydrogen) atoms. The Kier molecular flexibility index (Phi) is 4.83. The van der Waals surface area contributed by atoms with Crippen molar-refractivity contribution < 1.29 is 19.3 Å². The molecule has 7 heteroatoms. The van der Waals surface area contributed by atoms with E-state index >= 15 is 0 Å². The van der Waals surface area contributed by atoms with Crippen molar-refractivity contribution in [2.45, 2.75) is 25.1 Å². The first-order chi connectivity index (χ1) is 11.7. The molecule has 132 valence electrons. The van der Waals surface area contributed by atoms with Gasteiger partial charge in [-0.3, -0.25) is 9.80 Å². The Hall–Kier alpha value is -1.05. The van der Waals surface area contributed by atoms with E-state index in [1.807, 2.05) is 12.1 Å². The van der Waals surface area contributed by atoms with E-state index in [9.17, 15) is 5.11 Å². The monoisotopic (exact) mass is 354 g/mol. The molecule has 2 fully saturated rings. The first kappa shape index (κ1) is 16.4. The Labute approximate surface area is 146 Å². The summed E-state index contributed by atoms with van der Waals surface area (Å²) in [6.45, 7) is 6.06. The van der Waals surface area contributed by atoms with E-state index in [1.54, 1.807) is 0 Å². The Bertz CT molecular complexity index is 600. The van der Waals surface area contributed by atoms with Crippen LogP contribution in [0.1, 0.15) is 12.0 Å². The maximum absolute atomic E-state index is 10.0. The molecule has 2 saturated heterocycles. The van der Waals surface area contributed by atoms with E-state index in [1.165, 1.54) is 0 Å². The van der Waals surface area contributed by atoms with Crippen LogP contribution < -0.4 is 9.47 Å². The molecule has 4 rings (SSSR count). The van der Waals surface area contributed by atoms with Crippen LogP contribution in [-0.2, 0) is 11.3 Å². The predicted octanol–water partition coefficient (Wildman–Crippen LogP) is 1.34. The first-order valence-electron chi connectivity index (χ1n) is 8.51. The van der Waals surface area contributed by atoms with Crippen LogP contribution in [0.4, 0.5) is 0 Å². The van der Waals surface area contributed by atoms with E-state index in [2.05, 4.69) is 9.80 Å². The van der Waals surface area contributed by atoms with Crippen molar-refractivity contribution in [1.82, 2.24) is 9.80 Å².